The molecule has 2 N–H and O–H groups in total. The summed E-state index contributed by atoms with van der Waals surface area (Å²) < 4.78 is 12.9. The minimum absolute atomic E-state index is 0.154. The fourth-order valence-corrected chi connectivity index (χ4v) is 1.87. The SMILES string of the molecule is CCC(NC(=O)c1ncc(C)[nH]1)c1ccc(F)cc1. The lowest BCUT2D eigenvalue weighted by Gasteiger charge is -2.16. The quantitative estimate of drug-likeness (QED) is 0.889. The molecule has 100 valence electrons. The fourth-order valence-electron chi connectivity index (χ4n) is 1.87. The van der Waals surface area contributed by atoms with Crippen molar-refractivity contribution in [2.24, 2.45) is 0 Å². The van der Waals surface area contributed by atoms with Gasteiger partial charge in [0.1, 0.15) is 5.82 Å². The number of aromatic amines is 1. The topological polar surface area (TPSA) is 57.8 Å². The molecule has 19 heavy (non-hydrogen) atoms. The smallest absolute Gasteiger partial charge is 0.287 e. The van der Waals surface area contributed by atoms with Crippen molar-refractivity contribution in [2.45, 2.75) is 26.3 Å². The second kappa shape index (κ2) is 5.65. The van der Waals surface area contributed by atoms with E-state index >= 15 is 0 Å². The van der Waals surface area contributed by atoms with Gasteiger partial charge in [-0.1, -0.05) is 19.1 Å². The van der Waals surface area contributed by atoms with Gasteiger partial charge in [-0.2, -0.15) is 0 Å². The third-order valence-corrected chi connectivity index (χ3v) is 2.90. The summed E-state index contributed by atoms with van der Waals surface area (Å²) in [4.78, 5) is 18.9. The first-order chi connectivity index (χ1) is 9.10. The lowest BCUT2D eigenvalue weighted by Crippen LogP contribution is -2.29. The van der Waals surface area contributed by atoms with E-state index < -0.39 is 0 Å². The van der Waals surface area contributed by atoms with Crippen LogP contribution in [0.25, 0.3) is 0 Å². The van der Waals surface area contributed by atoms with Gasteiger partial charge >= 0.3 is 0 Å². The van der Waals surface area contributed by atoms with Crippen LogP contribution in [0.15, 0.2) is 30.5 Å². The number of aryl methyl sites for hydroxylation is 1. The summed E-state index contributed by atoms with van der Waals surface area (Å²) in [5.74, 6) is -0.256. The number of imidazole rings is 1. The number of halogens is 1. The molecular weight excluding hydrogens is 245 g/mol. The van der Waals surface area contributed by atoms with Gasteiger partial charge in [-0.15, -0.1) is 0 Å². The molecule has 2 aromatic rings. The van der Waals surface area contributed by atoms with Crippen LogP contribution in [-0.2, 0) is 0 Å². The highest BCUT2D eigenvalue weighted by molar-refractivity contribution is 5.90. The van der Waals surface area contributed by atoms with Gasteiger partial charge in [0.25, 0.3) is 5.91 Å². The molecule has 0 saturated carbocycles. The van der Waals surface area contributed by atoms with Crippen molar-refractivity contribution in [1.82, 2.24) is 15.3 Å². The highest BCUT2D eigenvalue weighted by Gasteiger charge is 2.16. The van der Waals surface area contributed by atoms with Crippen molar-refractivity contribution in [3.05, 3.63) is 53.4 Å². The molecule has 1 amide bonds. The molecule has 0 spiro atoms. The Morgan fingerprint density at radius 3 is 2.63 bits per heavy atom. The largest absolute Gasteiger partial charge is 0.343 e. The van der Waals surface area contributed by atoms with E-state index in [4.69, 9.17) is 0 Å². The Morgan fingerprint density at radius 1 is 1.42 bits per heavy atom. The van der Waals surface area contributed by atoms with Gasteiger partial charge in [0.05, 0.1) is 6.04 Å². The van der Waals surface area contributed by atoms with Crippen molar-refractivity contribution in [3.8, 4) is 0 Å². The maximum Gasteiger partial charge on any atom is 0.287 e. The highest BCUT2D eigenvalue weighted by atomic mass is 19.1. The maximum absolute atomic E-state index is 12.9. The Bertz CT molecular complexity index is 562. The third-order valence-electron chi connectivity index (χ3n) is 2.90. The summed E-state index contributed by atoms with van der Waals surface area (Å²) in [5, 5.41) is 2.88. The molecule has 4 nitrogen and oxygen atoms in total. The van der Waals surface area contributed by atoms with Crippen LogP contribution >= 0.6 is 0 Å². The van der Waals surface area contributed by atoms with Gasteiger partial charge < -0.3 is 10.3 Å². The molecule has 1 heterocycles. The number of hydrogen-bond donors (Lipinski definition) is 2. The summed E-state index contributed by atoms with van der Waals surface area (Å²) in [5.41, 5.74) is 1.71. The molecule has 0 aliphatic carbocycles. The van der Waals surface area contributed by atoms with Crippen LogP contribution in [0.5, 0.6) is 0 Å². The van der Waals surface area contributed by atoms with Gasteiger partial charge in [0.15, 0.2) is 5.82 Å². The Balaban J connectivity index is 2.11. The molecule has 0 radical (unpaired) electrons. The fraction of sp³-hybridized carbons (Fsp3) is 0.286. The molecule has 0 saturated heterocycles. The van der Waals surface area contributed by atoms with E-state index in [9.17, 15) is 9.18 Å². The summed E-state index contributed by atoms with van der Waals surface area (Å²) >= 11 is 0. The number of benzene rings is 1. The van der Waals surface area contributed by atoms with Gasteiger partial charge in [-0.25, -0.2) is 9.37 Å². The molecule has 0 aliphatic rings. The van der Waals surface area contributed by atoms with Crippen molar-refractivity contribution in [1.29, 1.82) is 0 Å². The van der Waals surface area contributed by atoms with E-state index in [2.05, 4.69) is 15.3 Å². The first-order valence-corrected chi connectivity index (χ1v) is 6.18. The molecule has 1 atom stereocenters. The van der Waals surface area contributed by atoms with Crippen molar-refractivity contribution >= 4 is 5.91 Å². The molecule has 1 unspecified atom stereocenters. The van der Waals surface area contributed by atoms with E-state index in [1.54, 1.807) is 18.3 Å². The van der Waals surface area contributed by atoms with Crippen LogP contribution < -0.4 is 5.32 Å². The monoisotopic (exact) mass is 261 g/mol. The lowest BCUT2D eigenvalue weighted by molar-refractivity contribution is 0.0926. The zero-order valence-corrected chi connectivity index (χ0v) is 10.9. The zero-order chi connectivity index (χ0) is 13.8. The van der Waals surface area contributed by atoms with Gasteiger partial charge in [0.2, 0.25) is 0 Å². The maximum atomic E-state index is 12.9. The molecule has 1 aromatic carbocycles. The number of rotatable bonds is 4. The number of nitrogens with zero attached hydrogens (tertiary/aromatic N) is 1. The minimum Gasteiger partial charge on any atom is -0.343 e. The highest BCUT2D eigenvalue weighted by Crippen LogP contribution is 2.17. The Kier molecular flexibility index (Phi) is 3.94. The van der Waals surface area contributed by atoms with E-state index in [-0.39, 0.29) is 23.6 Å². The van der Waals surface area contributed by atoms with E-state index in [1.807, 2.05) is 13.8 Å². The number of H-pyrrole nitrogens is 1. The normalized spacial score (nSPS) is 12.2. The standard InChI is InChI=1S/C14H16FN3O/c1-3-12(10-4-6-11(15)7-5-10)18-14(19)13-16-8-9(2)17-13/h4-8,12H,3H2,1-2H3,(H,16,17)(H,18,19). The van der Waals surface area contributed by atoms with Crippen LogP contribution in [0.4, 0.5) is 4.39 Å². The van der Waals surface area contributed by atoms with E-state index in [0.29, 0.717) is 0 Å². The van der Waals surface area contributed by atoms with Gasteiger partial charge in [0, 0.05) is 11.9 Å². The molecule has 1 aromatic heterocycles. The van der Waals surface area contributed by atoms with Gasteiger partial charge in [-0.05, 0) is 31.0 Å². The van der Waals surface area contributed by atoms with E-state index in [1.165, 1.54) is 12.1 Å². The van der Waals surface area contributed by atoms with Crippen LogP contribution in [0.1, 0.15) is 41.3 Å². The second-order valence-corrected chi connectivity index (χ2v) is 4.40. The van der Waals surface area contributed by atoms with Crippen LogP contribution in [0.2, 0.25) is 0 Å². The molecular formula is C14H16FN3O. The average Bonchev–Trinajstić information content (AvgIpc) is 2.84. The summed E-state index contributed by atoms with van der Waals surface area (Å²) in [6.45, 7) is 3.79. The van der Waals surface area contributed by atoms with Crippen molar-refractivity contribution in [2.75, 3.05) is 0 Å². The predicted octanol–water partition coefficient (Wildman–Crippen LogP) is 2.74. The molecule has 0 bridgehead atoms. The van der Waals surface area contributed by atoms with Crippen molar-refractivity contribution in [3.63, 3.8) is 0 Å². The summed E-state index contributed by atoms with van der Waals surface area (Å²) in [7, 11) is 0. The first-order valence-electron chi connectivity index (χ1n) is 6.18. The number of amides is 1. The van der Waals surface area contributed by atoms with Crippen LogP contribution in [0.3, 0.4) is 0 Å². The zero-order valence-electron chi connectivity index (χ0n) is 10.9. The second-order valence-electron chi connectivity index (χ2n) is 4.40. The average molecular weight is 261 g/mol. The number of nitrogens with one attached hydrogen (secondary N) is 2. The third kappa shape index (κ3) is 3.19. The molecule has 0 fully saturated rings. The van der Waals surface area contributed by atoms with Crippen molar-refractivity contribution < 1.29 is 9.18 Å². The Labute approximate surface area is 111 Å². The predicted molar refractivity (Wildman–Crippen MR) is 70.2 cm³/mol. The van der Waals surface area contributed by atoms with E-state index in [0.717, 1.165) is 17.7 Å². The Morgan fingerprint density at radius 2 is 2.11 bits per heavy atom. The molecule has 2 rings (SSSR count). The van der Waals surface area contributed by atoms with Crippen LogP contribution in [-0.4, -0.2) is 15.9 Å². The number of carbonyl (C=O) groups is 1. The molecule has 5 heteroatoms. The molecule has 0 aliphatic heterocycles. The Hall–Kier alpha value is -2.17. The van der Waals surface area contributed by atoms with Gasteiger partial charge in [-0.3, -0.25) is 4.79 Å². The minimum atomic E-state index is -0.286. The van der Waals surface area contributed by atoms with Crippen LogP contribution in [0, 0.1) is 12.7 Å². The lowest BCUT2D eigenvalue weighted by atomic mass is 10.0. The number of hydrogen-bond acceptors (Lipinski definition) is 2. The summed E-state index contributed by atoms with van der Waals surface area (Å²) in [6, 6.07) is 5.98. The first kappa shape index (κ1) is 13.3. The number of carbonyl (C=O) groups excluding carboxylic acids is 1. The number of aromatic nitrogens is 2. The summed E-state index contributed by atoms with van der Waals surface area (Å²) in [6.07, 6.45) is 2.32.